The summed E-state index contributed by atoms with van der Waals surface area (Å²) in [5, 5.41) is 0. The molecule has 0 bridgehead atoms. The van der Waals surface area contributed by atoms with Gasteiger partial charge in [0.2, 0.25) is 10.0 Å². The van der Waals surface area contributed by atoms with Crippen molar-refractivity contribution >= 4 is 26.0 Å². The fourth-order valence-electron chi connectivity index (χ4n) is 2.33. The smallest absolute Gasteiger partial charge is 0.212 e. The molecule has 2 rings (SSSR count). The van der Waals surface area contributed by atoms with Gasteiger partial charge in [-0.3, -0.25) is 0 Å². The van der Waals surface area contributed by atoms with Crippen LogP contribution in [-0.4, -0.2) is 19.0 Å². The Morgan fingerprint density at radius 1 is 1.37 bits per heavy atom. The van der Waals surface area contributed by atoms with Crippen LogP contribution in [0.5, 0.6) is 0 Å². The Morgan fingerprint density at radius 2 is 2.05 bits per heavy atom. The molecular weight excluding hydrogens is 326 g/mol. The minimum Gasteiger partial charge on any atom is -0.212 e. The van der Waals surface area contributed by atoms with Crippen molar-refractivity contribution in [2.45, 2.75) is 37.6 Å². The van der Waals surface area contributed by atoms with Gasteiger partial charge in [-0.15, -0.1) is 0 Å². The third kappa shape index (κ3) is 3.80. The average molecular weight is 346 g/mol. The van der Waals surface area contributed by atoms with Gasteiger partial charge in [-0.2, -0.15) is 0 Å². The van der Waals surface area contributed by atoms with Crippen LogP contribution in [0.15, 0.2) is 24.3 Å². The Kier molecular flexibility index (Phi) is 4.69. The predicted octanol–water partition coefficient (Wildman–Crippen LogP) is 3.01. The highest BCUT2D eigenvalue weighted by atomic mass is 79.9. The lowest BCUT2D eigenvalue weighted by Crippen LogP contribution is -2.33. The van der Waals surface area contributed by atoms with Crippen LogP contribution in [-0.2, 0) is 16.4 Å². The van der Waals surface area contributed by atoms with E-state index in [1.165, 1.54) is 5.56 Å². The van der Waals surface area contributed by atoms with E-state index in [4.69, 9.17) is 0 Å². The van der Waals surface area contributed by atoms with E-state index in [1.807, 2.05) is 32.0 Å². The van der Waals surface area contributed by atoms with Crippen molar-refractivity contribution in [1.82, 2.24) is 4.72 Å². The van der Waals surface area contributed by atoms with E-state index < -0.39 is 10.0 Å². The molecule has 106 valence electrons. The molecule has 0 saturated carbocycles. The molecule has 3 nitrogen and oxygen atoms in total. The van der Waals surface area contributed by atoms with E-state index in [0.29, 0.717) is 12.3 Å². The Balaban J connectivity index is 2.11. The SMILES string of the molecule is CC(C)CCS(=O)(=O)NC1c2ccccc2CC1Br. The van der Waals surface area contributed by atoms with Gasteiger partial charge in [0.05, 0.1) is 11.8 Å². The lowest BCUT2D eigenvalue weighted by Gasteiger charge is -2.18. The number of hydrogen-bond donors (Lipinski definition) is 1. The summed E-state index contributed by atoms with van der Waals surface area (Å²) in [6, 6.07) is 7.87. The van der Waals surface area contributed by atoms with Gasteiger partial charge in [0.15, 0.2) is 0 Å². The Bertz CT molecular complexity index is 542. The van der Waals surface area contributed by atoms with Crippen molar-refractivity contribution in [3.05, 3.63) is 35.4 Å². The van der Waals surface area contributed by atoms with Crippen LogP contribution in [0.4, 0.5) is 0 Å². The highest BCUT2D eigenvalue weighted by Crippen LogP contribution is 2.36. The van der Waals surface area contributed by atoms with Gasteiger partial charge in [-0.1, -0.05) is 54.0 Å². The molecule has 1 aromatic rings. The molecule has 1 aliphatic carbocycles. The number of sulfonamides is 1. The molecule has 0 aliphatic heterocycles. The third-order valence-electron chi connectivity index (χ3n) is 3.44. The molecule has 1 aromatic carbocycles. The van der Waals surface area contributed by atoms with Gasteiger partial charge < -0.3 is 0 Å². The molecule has 1 aliphatic rings. The molecule has 0 fully saturated rings. The molecule has 0 radical (unpaired) electrons. The Hall–Kier alpha value is -0.390. The van der Waals surface area contributed by atoms with Gasteiger partial charge in [0, 0.05) is 4.83 Å². The van der Waals surface area contributed by atoms with Crippen LogP contribution in [0.2, 0.25) is 0 Å². The molecule has 0 heterocycles. The van der Waals surface area contributed by atoms with Crippen LogP contribution in [0, 0.1) is 5.92 Å². The van der Waals surface area contributed by atoms with Gasteiger partial charge in [0.1, 0.15) is 0 Å². The number of halogens is 1. The van der Waals surface area contributed by atoms with Gasteiger partial charge >= 0.3 is 0 Å². The number of alkyl halides is 1. The largest absolute Gasteiger partial charge is 0.212 e. The van der Waals surface area contributed by atoms with Gasteiger partial charge in [-0.05, 0) is 29.9 Å². The highest BCUT2D eigenvalue weighted by molar-refractivity contribution is 9.09. The summed E-state index contributed by atoms with van der Waals surface area (Å²) >= 11 is 3.59. The molecular formula is C14H20BrNO2S. The normalized spacial score (nSPS) is 22.7. The van der Waals surface area contributed by atoms with E-state index in [9.17, 15) is 8.42 Å². The second-order valence-electron chi connectivity index (χ2n) is 5.52. The quantitative estimate of drug-likeness (QED) is 0.833. The lowest BCUT2D eigenvalue weighted by molar-refractivity contribution is 0.544. The number of nitrogens with one attached hydrogen (secondary N) is 1. The maximum Gasteiger partial charge on any atom is 0.212 e. The van der Waals surface area contributed by atoms with Gasteiger partial charge in [-0.25, -0.2) is 13.1 Å². The first-order valence-corrected chi connectivity index (χ1v) is 9.18. The van der Waals surface area contributed by atoms with Crippen LogP contribution < -0.4 is 4.72 Å². The maximum absolute atomic E-state index is 12.1. The Labute approximate surface area is 124 Å². The summed E-state index contributed by atoms with van der Waals surface area (Å²) in [6.07, 6.45) is 1.56. The molecule has 2 atom stereocenters. The average Bonchev–Trinajstić information content (AvgIpc) is 2.64. The first-order valence-electron chi connectivity index (χ1n) is 6.61. The van der Waals surface area contributed by atoms with Crippen molar-refractivity contribution in [2.24, 2.45) is 5.92 Å². The van der Waals surface area contributed by atoms with Crippen molar-refractivity contribution in [1.29, 1.82) is 0 Å². The van der Waals surface area contributed by atoms with E-state index in [-0.39, 0.29) is 16.6 Å². The third-order valence-corrected chi connectivity index (χ3v) is 5.68. The molecule has 1 N–H and O–H groups in total. The summed E-state index contributed by atoms with van der Waals surface area (Å²) in [5.74, 6) is 0.593. The second kappa shape index (κ2) is 5.94. The lowest BCUT2D eigenvalue weighted by atomic mass is 10.1. The standard InChI is InChI=1S/C14H20BrNO2S/c1-10(2)7-8-19(17,18)16-14-12-6-4-3-5-11(12)9-13(14)15/h3-6,10,13-14,16H,7-9H2,1-2H3. The Morgan fingerprint density at radius 3 is 2.74 bits per heavy atom. The van der Waals surface area contributed by atoms with E-state index in [2.05, 4.69) is 26.7 Å². The topological polar surface area (TPSA) is 46.2 Å². The highest BCUT2D eigenvalue weighted by Gasteiger charge is 2.33. The summed E-state index contributed by atoms with van der Waals surface area (Å²) in [5.41, 5.74) is 2.32. The fourth-order valence-corrected chi connectivity index (χ4v) is 4.85. The molecule has 19 heavy (non-hydrogen) atoms. The minimum atomic E-state index is -3.22. The number of hydrogen-bond acceptors (Lipinski definition) is 2. The van der Waals surface area contributed by atoms with Crippen LogP contribution in [0.1, 0.15) is 37.4 Å². The summed E-state index contributed by atoms with van der Waals surface area (Å²) in [7, 11) is -3.22. The minimum absolute atomic E-state index is 0.138. The van der Waals surface area contributed by atoms with Gasteiger partial charge in [0.25, 0.3) is 0 Å². The molecule has 0 saturated heterocycles. The predicted molar refractivity (Wildman–Crippen MR) is 82.0 cm³/mol. The summed E-state index contributed by atoms with van der Waals surface area (Å²) in [4.78, 5) is 0.138. The molecule has 5 heteroatoms. The van der Waals surface area contributed by atoms with Crippen molar-refractivity contribution in [3.63, 3.8) is 0 Å². The number of benzene rings is 1. The van der Waals surface area contributed by atoms with Crippen LogP contribution >= 0.6 is 15.9 Å². The van der Waals surface area contributed by atoms with Crippen molar-refractivity contribution < 1.29 is 8.42 Å². The van der Waals surface area contributed by atoms with Crippen molar-refractivity contribution in [3.8, 4) is 0 Å². The maximum atomic E-state index is 12.1. The molecule has 0 aromatic heterocycles. The summed E-state index contributed by atoms with van der Waals surface area (Å²) in [6.45, 7) is 4.07. The zero-order chi connectivity index (χ0) is 14.0. The van der Waals surface area contributed by atoms with Crippen LogP contribution in [0.3, 0.4) is 0 Å². The molecule has 0 amide bonds. The van der Waals surface area contributed by atoms with Crippen molar-refractivity contribution in [2.75, 3.05) is 5.75 Å². The monoisotopic (exact) mass is 345 g/mol. The summed E-state index contributed by atoms with van der Waals surface area (Å²) < 4.78 is 27.1. The van der Waals surface area contributed by atoms with E-state index >= 15 is 0 Å². The second-order valence-corrected chi connectivity index (χ2v) is 8.57. The number of fused-ring (bicyclic) bond motifs is 1. The first-order chi connectivity index (χ1) is 8.89. The van der Waals surface area contributed by atoms with E-state index in [0.717, 1.165) is 12.0 Å². The molecule has 0 spiro atoms. The van der Waals surface area contributed by atoms with Crippen LogP contribution in [0.25, 0.3) is 0 Å². The zero-order valence-electron chi connectivity index (χ0n) is 11.3. The number of rotatable bonds is 5. The zero-order valence-corrected chi connectivity index (χ0v) is 13.7. The molecule has 2 unspecified atom stereocenters. The van der Waals surface area contributed by atoms with E-state index in [1.54, 1.807) is 0 Å². The first kappa shape index (κ1) is 15.0. The fraction of sp³-hybridized carbons (Fsp3) is 0.571.